The Balaban J connectivity index is 1.53. The first-order valence-electron chi connectivity index (χ1n) is 10.7. The van der Waals surface area contributed by atoms with E-state index in [4.69, 9.17) is 27.9 Å². The summed E-state index contributed by atoms with van der Waals surface area (Å²) in [6.45, 7) is 2.20. The lowest BCUT2D eigenvalue weighted by molar-refractivity contribution is 0.251. The van der Waals surface area contributed by atoms with Crippen molar-refractivity contribution < 1.29 is 9.53 Å². The topological polar surface area (TPSA) is 81.1 Å². The molecule has 10 heteroatoms. The summed E-state index contributed by atoms with van der Waals surface area (Å²) in [4.78, 5) is 12.5. The number of carbonyl (C=O) groups excluding carboxylic acids is 1. The van der Waals surface area contributed by atoms with Crippen LogP contribution in [0.1, 0.15) is 17.0 Å². The van der Waals surface area contributed by atoms with E-state index >= 15 is 0 Å². The lowest BCUT2D eigenvalue weighted by Gasteiger charge is -2.13. The maximum absolute atomic E-state index is 12.5. The number of nitrogens with one attached hydrogen (secondary N) is 2. The lowest BCUT2D eigenvalue weighted by atomic mass is 10.2. The summed E-state index contributed by atoms with van der Waals surface area (Å²) in [6, 6.07) is 20.2. The van der Waals surface area contributed by atoms with Crippen LogP contribution < -0.4 is 15.4 Å². The van der Waals surface area contributed by atoms with Crippen LogP contribution in [0.25, 0.3) is 5.69 Å². The molecule has 1 heterocycles. The van der Waals surface area contributed by atoms with Crippen molar-refractivity contribution in [1.82, 2.24) is 20.1 Å². The lowest BCUT2D eigenvalue weighted by Crippen LogP contribution is -2.29. The normalized spacial score (nSPS) is 10.7. The number of benzene rings is 3. The van der Waals surface area contributed by atoms with E-state index in [1.54, 1.807) is 43.5 Å². The van der Waals surface area contributed by atoms with E-state index in [2.05, 4.69) is 46.0 Å². The van der Waals surface area contributed by atoms with Gasteiger partial charge in [-0.05, 0) is 55.0 Å². The van der Waals surface area contributed by atoms with Crippen LogP contribution >= 0.6 is 35.0 Å². The van der Waals surface area contributed by atoms with E-state index in [0.29, 0.717) is 43.9 Å². The molecule has 7 nitrogen and oxygen atoms in total. The molecule has 3 aromatic carbocycles. The molecule has 4 rings (SSSR count). The molecule has 0 radical (unpaired) electrons. The molecule has 2 N–H and O–H groups in total. The van der Waals surface area contributed by atoms with Crippen molar-refractivity contribution in [2.45, 2.75) is 24.4 Å². The molecule has 0 unspecified atom stereocenters. The minimum Gasteiger partial charge on any atom is -0.497 e. The van der Waals surface area contributed by atoms with Crippen molar-refractivity contribution in [2.75, 3.05) is 12.4 Å². The first-order valence-corrected chi connectivity index (χ1v) is 12.4. The Labute approximate surface area is 217 Å². The smallest absolute Gasteiger partial charge is 0.319 e. The van der Waals surface area contributed by atoms with Gasteiger partial charge in [0.05, 0.1) is 24.4 Å². The van der Waals surface area contributed by atoms with E-state index in [1.807, 2.05) is 16.7 Å². The van der Waals surface area contributed by atoms with Gasteiger partial charge in [0, 0.05) is 16.5 Å². The highest BCUT2D eigenvalue weighted by molar-refractivity contribution is 7.98. The highest BCUT2D eigenvalue weighted by Gasteiger charge is 2.18. The number of thioether (sulfide) groups is 1. The summed E-state index contributed by atoms with van der Waals surface area (Å²) in [6.07, 6.45) is 0. The summed E-state index contributed by atoms with van der Waals surface area (Å²) in [5.41, 5.74) is 3.68. The molecule has 0 spiro atoms. The molecule has 0 saturated heterocycles. The van der Waals surface area contributed by atoms with Gasteiger partial charge in [0.1, 0.15) is 5.75 Å². The standard InChI is InChI=1S/C25H23Cl2N5O2S/c1-16-4-3-5-17(12-16)15-35-25-31-30-23(32(25)22-11-6-18(26)13-21(22)27)14-28-24(33)29-19-7-9-20(34-2)10-8-19/h3-13H,14-15H2,1-2H3,(H2,28,29,33). The molecule has 0 aliphatic heterocycles. The summed E-state index contributed by atoms with van der Waals surface area (Å²) in [5, 5.41) is 16.0. The Hall–Kier alpha value is -3.20. The maximum atomic E-state index is 12.5. The van der Waals surface area contributed by atoms with E-state index in [-0.39, 0.29) is 12.6 Å². The number of hydrogen-bond donors (Lipinski definition) is 2. The molecule has 0 bridgehead atoms. The van der Waals surface area contributed by atoms with Crippen molar-refractivity contribution >= 4 is 46.7 Å². The van der Waals surface area contributed by atoms with Gasteiger partial charge >= 0.3 is 6.03 Å². The van der Waals surface area contributed by atoms with E-state index < -0.39 is 0 Å². The Bertz CT molecular complexity index is 1330. The highest BCUT2D eigenvalue weighted by atomic mass is 35.5. The second-order valence-corrected chi connectivity index (χ2v) is 9.43. The molecule has 4 aromatic rings. The number of urea groups is 1. The molecule has 2 amide bonds. The molecule has 0 atom stereocenters. The monoisotopic (exact) mass is 527 g/mol. The number of aryl methyl sites for hydroxylation is 1. The van der Waals surface area contributed by atoms with E-state index in [9.17, 15) is 4.79 Å². The zero-order valence-corrected chi connectivity index (χ0v) is 21.4. The largest absolute Gasteiger partial charge is 0.497 e. The van der Waals surface area contributed by atoms with Gasteiger partial charge in [-0.15, -0.1) is 10.2 Å². The SMILES string of the molecule is COc1ccc(NC(=O)NCc2nnc(SCc3cccc(C)c3)n2-c2ccc(Cl)cc2Cl)cc1. The highest BCUT2D eigenvalue weighted by Crippen LogP contribution is 2.31. The Morgan fingerprint density at radius 1 is 1.06 bits per heavy atom. The first-order chi connectivity index (χ1) is 16.9. The number of nitrogens with zero attached hydrogens (tertiary/aromatic N) is 3. The molecule has 0 saturated carbocycles. The predicted octanol–water partition coefficient (Wildman–Crippen LogP) is 6.51. The molecule has 0 fully saturated rings. The fraction of sp³-hybridized carbons (Fsp3) is 0.160. The number of hydrogen-bond acceptors (Lipinski definition) is 5. The number of rotatable bonds is 8. The average molecular weight is 528 g/mol. The quantitative estimate of drug-likeness (QED) is 0.255. The van der Waals surface area contributed by atoms with E-state index in [0.717, 1.165) is 0 Å². The number of carbonyl (C=O) groups is 1. The number of methoxy groups -OCH3 is 1. The summed E-state index contributed by atoms with van der Waals surface area (Å²) in [7, 11) is 1.59. The Morgan fingerprint density at radius 2 is 1.86 bits per heavy atom. The van der Waals surface area contributed by atoms with Gasteiger partial charge in [0.25, 0.3) is 0 Å². The zero-order chi connectivity index (χ0) is 24.8. The van der Waals surface area contributed by atoms with Crippen LogP contribution in [-0.4, -0.2) is 27.9 Å². The van der Waals surface area contributed by atoms with E-state index in [1.165, 1.54) is 22.9 Å². The van der Waals surface area contributed by atoms with Gasteiger partial charge in [-0.2, -0.15) is 0 Å². The predicted molar refractivity (Wildman–Crippen MR) is 141 cm³/mol. The Morgan fingerprint density at radius 3 is 2.57 bits per heavy atom. The van der Waals surface area contributed by atoms with Crippen LogP contribution in [0.5, 0.6) is 5.75 Å². The van der Waals surface area contributed by atoms with Crippen molar-refractivity contribution in [3.63, 3.8) is 0 Å². The number of aromatic nitrogens is 3. The van der Waals surface area contributed by atoms with Gasteiger partial charge in [-0.3, -0.25) is 4.57 Å². The third-order valence-electron chi connectivity index (χ3n) is 5.06. The third kappa shape index (κ3) is 6.48. The zero-order valence-electron chi connectivity index (χ0n) is 19.1. The second-order valence-electron chi connectivity index (χ2n) is 7.64. The van der Waals surface area contributed by atoms with Crippen LogP contribution in [0.15, 0.2) is 71.9 Å². The molecule has 1 aromatic heterocycles. The van der Waals surface area contributed by atoms with Crippen molar-refractivity contribution in [2.24, 2.45) is 0 Å². The molecular weight excluding hydrogens is 505 g/mol. The Kier molecular flexibility index (Phi) is 8.17. The second kappa shape index (κ2) is 11.5. The number of amides is 2. The van der Waals surface area contributed by atoms with Crippen molar-refractivity contribution in [3.05, 3.63) is 93.7 Å². The molecule has 0 aliphatic carbocycles. The number of ether oxygens (including phenoxy) is 1. The third-order valence-corrected chi connectivity index (χ3v) is 6.59. The molecule has 35 heavy (non-hydrogen) atoms. The number of anilines is 1. The first kappa shape index (κ1) is 24.9. The van der Waals surface area contributed by atoms with Crippen LogP contribution in [-0.2, 0) is 12.3 Å². The fourth-order valence-corrected chi connectivity index (χ4v) is 4.77. The molecule has 0 aliphatic rings. The fourth-order valence-electron chi connectivity index (χ4n) is 3.37. The van der Waals surface area contributed by atoms with Gasteiger partial charge in [-0.1, -0.05) is 64.8 Å². The summed E-state index contributed by atoms with van der Waals surface area (Å²) in [5.74, 6) is 1.95. The van der Waals surface area contributed by atoms with Gasteiger partial charge < -0.3 is 15.4 Å². The minimum absolute atomic E-state index is 0.138. The van der Waals surface area contributed by atoms with Crippen LogP contribution in [0.3, 0.4) is 0 Å². The van der Waals surface area contributed by atoms with Crippen molar-refractivity contribution in [3.8, 4) is 11.4 Å². The van der Waals surface area contributed by atoms with Crippen LogP contribution in [0.2, 0.25) is 10.0 Å². The van der Waals surface area contributed by atoms with Crippen LogP contribution in [0, 0.1) is 6.92 Å². The van der Waals surface area contributed by atoms with Gasteiger partial charge in [0.2, 0.25) is 0 Å². The van der Waals surface area contributed by atoms with Gasteiger partial charge in [-0.25, -0.2) is 4.79 Å². The maximum Gasteiger partial charge on any atom is 0.319 e. The van der Waals surface area contributed by atoms with Crippen LogP contribution in [0.4, 0.5) is 10.5 Å². The number of halogens is 2. The van der Waals surface area contributed by atoms with Gasteiger partial charge in [0.15, 0.2) is 11.0 Å². The molecular formula is C25H23Cl2N5O2S. The summed E-state index contributed by atoms with van der Waals surface area (Å²) < 4.78 is 6.98. The molecule has 180 valence electrons. The van der Waals surface area contributed by atoms with Crippen molar-refractivity contribution in [1.29, 1.82) is 0 Å². The average Bonchev–Trinajstić information content (AvgIpc) is 3.24. The summed E-state index contributed by atoms with van der Waals surface area (Å²) >= 11 is 14.2. The minimum atomic E-state index is -0.374.